The summed E-state index contributed by atoms with van der Waals surface area (Å²) in [5.74, 6) is -1.18. The predicted octanol–water partition coefficient (Wildman–Crippen LogP) is 3.47. The van der Waals surface area contributed by atoms with Gasteiger partial charge in [0.25, 0.3) is 11.8 Å². The molecule has 0 saturated heterocycles. The molecule has 0 aromatic heterocycles. The number of esters is 1. The zero-order chi connectivity index (χ0) is 20.4. The molecule has 1 atom stereocenters. The van der Waals surface area contributed by atoms with Gasteiger partial charge in [0.1, 0.15) is 0 Å². The quantitative estimate of drug-likeness (QED) is 0.781. The zero-order valence-corrected chi connectivity index (χ0v) is 16.4. The Labute approximate surface area is 169 Å². The number of fused-ring (bicyclic) bond motifs is 1. The fourth-order valence-electron chi connectivity index (χ4n) is 4.04. The molecule has 0 unspecified atom stereocenters. The van der Waals surface area contributed by atoms with Gasteiger partial charge in [0.05, 0.1) is 16.8 Å². The minimum absolute atomic E-state index is 0.180. The van der Waals surface area contributed by atoms with Crippen molar-refractivity contribution in [1.29, 1.82) is 0 Å². The highest BCUT2D eigenvalue weighted by atomic mass is 16.6. The van der Waals surface area contributed by atoms with Gasteiger partial charge < -0.3 is 15.4 Å². The molecule has 2 aliphatic rings. The fourth-order valence-corrected chi connectivity index (χ4v) is 4.04. The van der Waals surface area contributed by atoms with Crippen LogP contribution in [0.3, 0.4) is 0 Å². The summed E-state index contributed by atoms with van der Waals surface area (Å²) in [7, 11) is 0. The first kappa shape index (κ1) is 19.2. The summed E-state index contributed by atoms with van der Waals surface area (Å²) >= 11 is 0. The Kier molecular flexibility index (Phi) is 5.09. The van der Waals surface area contributed by atoms with Gasteiger partial charge in [-0.2, -0.15) is 0 Å². The molecular weight excluding hydrogens is 368 g/mol. The summed E-state index contributed by atoms with van der Waals surface area (Å²) in [5, 5.41) is 5.84. The van der Waals surface area contributed by atoms with E-state index in [9.17, 15) is 14.4 Å². The largest absolute Gasteiger partial charge is 0.445 e. The molecule has 0 bridgehead atoms. The van der Waals surface area contributed by atoms with E-state index in [4.69, 9.17) is 4.74 Å². The van der Waals surface area contributed by atoms with Gasteiger partial charge in [-0.1, -0.05) is 43.2 Å². The predicted molar refractivity (Wildman–Crippen MR) is 109 cm³/mol. The second-order valence-corrected chi connectivity index (χ2v) is 7.91. The molecule has 29 heavy (non-hydrogen) atoms. The Morgan fingerprint density at radius 2 is 1.72 bits per heavy atom. The summed E-state index contributed by atoms with van der Waals surface area (Å²) in [5.41, 5.74) is 0.714. The number of carbonyl (C=O) groups is 3. The number of anilines is 1. The Balaban J connectivity index is 1.53. The van der Waals surface area contributed by atoms with Crippen LogP contribution in [0.1, 0.15) is 58.9 Å². The average molecular weight is 392 g/mol. The van der Waals surface area contributed by atoms with Crippen LogP contribution < -0.4 is 10.6 Å². The molecule has 1 aliphatic carbocycles. The molecule has 2 amide bonds. The van der Waals surface area contributed by atoms with Gasteiger partial charge in [0.15, 0.2) is 5.60 Å². The first-order chi connectivity index (χ1) is 14.0. The summed E-state index contributed by atoms with van der Waals surface area (Å²) < 4.78 is 5.49. The number of rotatable bonds is 4. The lowest BCUT2D eigenvalue weighted by atomic mass is 9.89. The van der Waals surface area contributed by atoms with E-state index >= 15 is 0 Å². The third-order valence-electron chi connectivity index (χ3n) is 5.67. The number of carbonyl (C=O) groups excluding carboxylic acids is 3. The normalized spacial score (nSPS) is 21.2. The summed E-state index contributed by atoms with van der Waals surface area (Å²) in [6, 6.07) is 14.2. The van der Waals surface area contributed by atoms with E-state index < -0.39 is 17.5 Å². The van der Waals surface area contributed by atoms with E-state index in [1.165, 1.54) is 0 Å². The second-order valence-electron chi connectivity index (χ2n) is 7.91. The highest BCUT2D eigenvalue weighted by molar-refractivity contribution is 6.07. The first-order valence-corrected chi connectivity index (χ1v) is 9.99. The molecule has 1 saturated carbocycles. The van der Waals surface area contributed by atoms with Crippen molar-refractivity contribution in [2.75, 3.05) is 5.32 Å². The highest BCUT2D eigenvalue weighted by Crippen LogP contribution is 2.30. The maximum Gasteiger partial charge on any atom is 0.339 e. The highest BCUT2D eigenvalue weighted by Gasteiger charge is 2.42. The molecule has 2 N–H and O–H groups in total. The molecule has 1 fully saturated rings. The molecular formula is C23H24N2O4. The molecule has 0 radical (unpaired) electrons. The molecule has 4 rings (SSSR count). The third-order valence-corrected chi connectivity index (χ3v) is 5.67. The van der Waals surface area contributed by atoms with Crippen LogP contribution in [0.25, 0.3) is 0 Å². The van der Waals surface area contributed by atoms with Crippen LogP contribution in [0.2, 0.25) is 0 Å². The Morgan fingerprint density at radius 1 is 1.03 bits per heavy atom. The van der Waals surface area contributed by atoms with E-state index in [0.717, 1.165) is 31.2 Å². The van der Waals surface area contributed by atoms with Crippen LogP contribution in [0.5, 0.6) is 0 Å². The molecule has 6 nitrogen and oxygen atoms in total. The average Bonchev–Trinajstić information content (AvgIpc) is 3.21. The summed E-state index contributed by atoms with van der Waals surface area (Å²) in [4.78, 5) is 38.1. The monoisotopic (exact) mass is 392 g/mol. The molecule has 6 heteroatoms. The topological polar surface area (TPSA) is 84.5 Å². The van der Waals surface area contributed by atoms with Crippen molar-refractivity contribution in [2.45, 2.75) is 50.7 Å². The van der Waals surface area contributed by atoms with Gasteiger partial charge in [-0.25, -0.2) is 4.79 Å². The number of para-hydroxylation sites is 1. The van der Waals surface area contributed by atoms with Gasteiger partial charge in [-0.05, 0) is 43.5 Å². The van der Waals surface area contributed by atoms with Crippen molar-refractivity contribution in [3.8, 4) is 0 Å². The number of ether oxygens (including phenoxy) is 1. The molecule has 1 aliphatic heterocycles. The number of amides is 2. The maximum atomic E-state index is 13.0. The molecule has 0 spiro atoms. The maximum absolute atomic E-state index is 13.0. The van der Waals surface area contributed by atoms with Gasteiger partial charge >= 0.3 is 5.97 Å². The van der Waals surface area contributed by atoms with Crippen molar-refractivity contribution >= 4 is 23.5 Å². The van der Waals surface area contributed by atoms with Crippen LogP contribution in [0.4, 0.5) is 5.69 Å². The van der Waals surface area contributed by atoms with E-state index in [1.54, 1.807) is 43.3 Å². The lowest BCUT2D eigenvalue weighted by Gasteiger charge is -2.33. The van der Waals surface area contributed by atoms with Crippen LogP contribution in [-0.4, -0.2) is 29.4 Å². The Morgan fingerprint density at radius 3 is 2.52 bits per heavy atom. The van der Waals surface area contributed by atoms with Gasteiger partial charge in [-0.3, -0.25) is 9.59 Å². The molecule has 2 aromatic carbocycles. The molecule has 150 valence electrons. The van der Waals surface area contributed by atoms with E-state index in [1.807, 2.05) is 12.1 Å². The van der Waals surface area contributed by atoms with Crippen LogP contribution in [0.15, 0.2) is 48.5 Å². The minimum Gasteiger partial charge on any atom is -0.445 e. The Hall–Kier alpha value is -3.15. The molecule has 2 aromatic rings. The van der Waals surface area contributed by atoms with Crippen LogP contribution in [0, 0.1) is 0 Å². The summed E-state index contributed by atoms with van der Waals surface area (Å²) in [6.45, 7) is 1.59. The number of benzene rings is 2. The van der Waals surface area contributed by atoms with Gasteiger partial charge in [0, 0.05) is 12.5 Å². The van der Waals surface area contributed by atoms with Crippen molar-refractivity contribution in [1.82, 2.24) is 5.32 Å². The Bertz CT molecular complexity index is 965. The van der Waals surface area contributed by atoms with E-state index in [2.05, 4.69) is 10.6 Å². The van der Waals surface area contributed by atoms with E-state index in [-0.39, 0.29) is 18.4 Å². The van der Waals surface area contributed by atoms with Crippen molar-refractivity contribution in [3.63, 3.8) is 0 Å². The lowest BCUT2D eigenvalue weighted by molar-refractivity contribution is -0.134. The van der Waals surface area contributed by atoms with Crippen molar-refractivity contribution < 1.29 is 19.1 Å². The van der Waals surface area contributed by atoms with Crippen LogP contribution >= 0.6 is 0 Å². The van der Waals surface area contributed by atoms with E-state index in [0.29, 0.717) is 16.8 Å². The van der Waals surface area contributed by atoms with Gasteiger partial charge in [-0.15, -0.1) is 0 Å². The van der Waals surface area contributed by atoms with Gasteiger partial charge in [0.2, 0.25) is 0 Å². The molecule has 1 heterocycles. The lowest BCUT2D eigenvalue weighted by Crippen LogP contribution is -2.49. The first-order valence-electron chi connectivity index (χ1n) is 9.99. The summed E-state index contributed by atoms with van der Waals surface area (Å²) in [6.07, 6.45) is 4.47. The standard InChI is InChI=1S/C23H24N2O4/c1-23(14-15-8-2-5-11-17(15)21(27)29-23)22(28)25-19-13-7-6-12-18(19)20(26)24-16-9-3-4-10-16/h2,5-8,11-13,16H,3-4,9-10,14H2,1H3,(H,24,26)(H,25,28)/t23-/m0/s1. The van der Waals surface area contributed by atoms with Crippen molar-refractivity contribution in [3.05, 3.63) is 65.2 Å². The number of nitrogens with one attached hydrogen (secondary N) is 2. The second kappa shape index (κ2) is 7.70. The number of hydrogen-bond donors (Lipinski definition) is 2. The van der Waals surface area contributed by atoms with Crippen molar-refractivity contribution in [2.24, 2.45) is 0 Å². The number of cyclic esters (lactones) is 1. The number of hydrogen-bond acceptors (Lipinski definition) is 4. The fraction of sp³-hybridized carbons (Fsp3) is 0.348. The minimum atomic E-state index is -1.35. The SMILES string of the molecule is C[C@@]1(C(=O)Nc2ccccc2C(=O)NC2CCCC2)Cc2ccccc2C(=O)O1. The smallest absolute Gasteiger partial charge is 0.339 e. The third kappa shape index (κ3) is 3.88. The van der Waals surface area contributed by atoms with Crippen LogP contribution in [-0.2, 0) is 16.0 Å². The zero-order valence-electron chi connectivity index (χ0n) is 16.4.